The van der Waals surface area contributed by atoms with E-state index in [4.69, 9.17) is 10.2 Å². The summed E-state index contributed by atoms with van der Waals surface area (Å²) in [4.78, 5) is 16.3. The van der Waals surface area contributed by atoms with Crippen molar-refractivity contribution in [2.45, 2.75) is 32.7 Å². The molecule has 1 atom stereocenters. The van der Waals surface area contributed by atoms with E-state index in [-0.39, 0.29) is 5.91 Å². The molecule has 1 aliphatic rings. The minimum atomic E-state index is 0.150. The molecule has 1 aromatic heterocycles. The molecule has 118 valence electrons. The van der Waals surface area contributed by atoms with E-state index in [0.29, 0.717) is 19.0 Å². The quantitative estimate of drug-likeness (QED) is 0.865. The maximum atomic E-state index is 12.3. The Kier molecular flexibility index (Phi) is 5.82. The van der Waals surface area contributed by atoms with Gasteiger partial charge in [-0.1, -0.05) is 0 Å². The Balaban J connectivity index is 1.80. The van der Waals surface area contributed by atoms with Gasteiger partial charge in [-0.05, 0) is 57.3 Å². The zero-order valence-corrected chi connectivity index (χ0v) is 13.2. The summed E-state index contributed by atoms with van der Waals surface area (Å²) in [6.07, 6.45) is 3.47. The van der Waals surface area contributed by atoms with Gasteiger partial charge in [-0.3, -0.25) is 9.69 Å². The fourth-order valence-electron chi connectivity index (χ4n) is 2.97. The molecule has 0 aromatic carbocycles. The SMILES string of the molecule is Cc1ccc(CN(C)C(=O)CN2CCCC(CCN)C2)o1. The molecule has 1 amide bonds. The van der Waals surface area contributed by atoms with Crippen LogP contribution in [0, 0.1) is 12.8 Å². The number of nitrogens with two attached hydrogens (primary N) is 1. The summed E-state index contributed by atoms with van der Waals surface area (Å²) in [5.74, 6) is 2.52. The molecule has 1 saturated heterocycles. The van der Waals surface area contributed by atoms with Crippen molar-refractivity contribution in [3.63, 3.8) is 0 Å². The predicted molar refractivity (Wildman–Crippen MR) is 82.8 cm³/mol. The van der Waals surface area contributed by atoms with E-state index in [1.165, 1.54) is 12.8 Å². The van der Waals surface area contributed by atoms with Gasteiger partial charge in [0.25, 0.3) is 0 Å². The van der Waals surface area contributed by atoms with E-state index >= 15 is 0 Å². The van der Waals surface area contributed by atoms with Crippen LogP contribution in [0.1, 0.15) is 30.8 Å². The molecule has 21 heavy (non-hydrogen) atoms. The van der Waals surface area contributed by atoms with Crippen LogP contribution in [-0.2, 0) is 11.3 Å². The van der Waals surface area contributed by atoms with E-state index in [1.54, 1.807) is 4.90 Å². The molecule has 0 spiro atoms. The van der Waals surface area contributed by atoms with Crippen LogP contribution in [0.3, 0.4) is 0 Å². The fraction of sp³-hybridized carbons (Fsp3) is 0.688. The largest absolute Gasteiger partial charge is 0.464 e. The van der Waals surface area contributed by atoms with E-state index in [0.717, 1.165) is 37.6 Å². The van der Waals surface area contributed by atoms with Crippen LogP contribution in [-0.4, -0.2) is 48.9 Å². The van der Waals surface area contributed by atoms with Gasteiger partial charge in [0.05, 0.1) is 13.1 Å². The highest BCUT2D eigenvalue weighted by atomic mass is 16.3. The monoisotopic (exact) mass is 293 g/mol. The molecule has 0 saturated carbocycles. The van der Waals surface area contributed by atoms with Crippen molar-refractivity contribution < 1.29 is 9.21 Å². The van der Waals surface area contributed by atoms with Crippen molar-refractivity contribution in [3.8, 4) is 0 Å². The number of nitrogens with zero attached hydrogens (tertiary/aromatic N) is 2. The third kappa shape index (κ3) is 4.86. The number of amides is 1. The van der Waals surface area contributed by atoms with Crippen LogP contribution in [0.4, 0.5) is 0 Å². The second-order valence-corrected chi connectivity index (χ2v) is 6.08. The van der Waals surface area contributed by atoms with Crippen molar-refractivity contribution in [3.05, 3.63) is 23.7 Å². The van der Waals surface area contributed by atoms with Gasteiger partial charge in [-0.15, -0.1) is 0 Å². The Morgan fingerprint density at radius 1 is 1.52 bits per heavy atom. The van der Waals surface area contributed by atoms with Gasteiger partial charge >= 0.3 is 0 Å². The Labute approximate surface area is 127 Å². The van der Waals surface area contributed by atoms with Gasteiger partial charge in [-0.2, -0.15) is 0 Å². The number of furan rings is 1. The van der Waals surface area contributed by atoms with Crippen LogP contribution >= 0.6 is 0 Å². The van der Waals surface area contributed by atoms with E-state index in [2.05, 4.69) is 4.90 Å². The van der Waals surface area contributed by atoms with Crippen molar-refractivity contribution >= 4 is 5.91 Å². The molecule has 1 fully saturated rings. The highest BCUT2D eigenvalue weighted by Crippen LogP contribution is 2.19. The smallest absolute Gasteiger partial charge is 0.236 e. The van der Waals surface area contributed by atoms with Crippen molar-refractivity contribution in [2.24, 2.45) is 11.7 Å². The summed E-state index contributed by atoms with van der Waals surface area (Å²) in [5, 5.41) is 0. The molecule has 2 N–H and O–H groups in total. The number of piperidine rings is 1. The maximum Gasteiger partial charge on any atom is 0.236 e. The van der Waals surface area contributed by atoms with Crippen LogP contribution in [0.25, 0.3) is 0 Å². The first-order valence-electron chi connectivity index (χ1n) is 7.80. The molecular weight excluding hydrogens is 266 g/mol. The number of likely N-dealkylation sites (tertiary alicyclic amines) is 1. The van der Waals surface area contributed by atoms with Gasteiger partial charge in [0.15, 0.2) is 0 Å². The molecule has 1 aliphatic heterocycles. The average Bonchev–Trinajstić information content (AvgIpc) is 2.85. The van der Waals surface area contributed by atoms with Gasteiger partial charge in [0.2, 0.25) is 5.91 Å². The highest BCUT2D eigenvalue weighted by molar-refractivity contribution is 5.77. The summed E-state index contributed by atoms with van der Waals surface area (Å²) in [5.41, 5.74) is 5.64. The average molecular weight is 293 g/mol. The van der Waals surface area contributed by atoms with Crippen LogP contribution < -0.4 is 5.73 Å². The Morgan fingerprint density at radius 3 is 3.00 bits per heavy atom. The number of likely N-dealkylation sites (N-methyl/N-ethyl adjacent to an activating group) is 1. The van der Waals surface area contributed by atoms with Crippen LogP contribution in [0.5, 0.6) is 0 Å². The minimum absolute atomic E-state index is 0.150. The van der Waals surface area contributed by atoms with Gasteiger partial charge in [-0.25, -0.2) is 0 Å². The molecule has 0 aliphatic carbocycles. The summed E-state index contributed by atoms with van der Waals surface area (Å²) < 4.78 is 5.52. The highest BCUT2D eigenvalue weighted by Gasteiger charge is 2.22. The Morgan fingerprint density at radius 2 is 2.33 bits per heavy atom. The lowest BCUT2D eigenvalue weighted by Gasteiger charge is -2.33. The molecule has 5 nitrogen and oxygen atoms in total. The van der Waals surface area contributed by atoms with E-state index < -0.39 is 0 Å². The number of rotatable bonds is 6. The number of carbonyl (C=O) groups is 1. The molecule has 1 unspecified atom stereocenters. The standard InChI is InChI=1S/C16H27N3O2/c1-13-5-6-15(21-13)11-18(2)16(20)12-19-9-3-4-14(10-19)7-8-17/h5-6,14H,3-4,7-12,17H2,1-2H3. The number of aryl methyl sites for hydroxylation is 1. The normalized spacial score (nSPS) is 19.7. The van der Waals surface area contributed by atoms with Gasteiger partial charge < -0.3 is 15.1 Å². The number of hydrogen-bond donors (Lipinski definition) is 1. The first-order chi connectivity index (χ1) is 10.1. The number of hydrogen-bond acceptors (Lipinski definition) is 4. The fourth-order valence-corrected chi connectivity index (χ4v) is 2.97. The lowest BCUT2D eigenvalue weighted by Crippen LogP contribution is -2.43. The van der Waals surface area contributed by atoms with Crippen LogP contribution in [0.15, 0.2) is 16.5 Å². The van der Waals surface area contributed by atoms with Crippen molar-refractivity contribution in [2.75, 3.05) is 33.2 Å². The molecule has 0 radical (unpaired) electrons. The Hall–Kier alpha value is -1.33. The summed E-state index contributed by atoms with van der Waals surface area (Å²) in [6.45, 7) is 5.70. The second-order valence-electron chi connectivity index (χ2n) is 6.08. The second kappa shape index (κ2) is 7.61. The maximum absolute atomic E-state index is 12.3. The zero-order valence-electron chi connectivity index (χ0n) is 13.2. The minimum Gasteiger partial charge on any atom is -0.464 e. The number of carbonyl (C=O) groups excluding carboxylic acids is 1. The zero-order chi connectivity index (χ0) is 15.2. The predicted octanol–water partition coefficient (Wildman–Crippen LogP) is 1.61. The first kappa shape index (κ1) is 16.0. The molecule has 0 bridgehead atoms. The third-order valence-corrected chi connectivity index (χ3v) is 4.15. The summed E-state index contributed by atoms with van der Waals surface area (Å²) in [7, 11) is 1.83. The molecule has 1 aromatic rings. The van der Waals surface area contributed by atoms with Crippen LogP contribution in [0.2, 0.25) is 0 Å². The molecule has 5 heteroatoms. The lowest BCUT2D eigenvalue weighted by atomic mass is 9.95. The molecule has 2 heterocycles. The Bertz CT molecular complexity index is 456. The van der Waals surface area contributed by atoms with Crippen molar-refractivity contribution in [1.82, 2.24) is 9.80 Å². The van der Waals surface area contributed by atoms with E-state index in [9.17, 15) is 4.79 Å². The van der Waals surface area contributed by atoms with E-state index in [1.807, 2.05) is 26.1 Å². The lowest BCUT2D eigenvalue weighted by molar-refractivity contribution is -0.132. The molecule has 2 rings (SSSR count). The first-order valence-corrected chi connectivity index (χ1v) is 7.80. The summed E-state index contributed by atoms with van der Waals surface area (Å²) in [6, 6.07) is 3.85. The van der Waals surface area contributed by atoms with Gasteiger partial charge in [0, 0.05) is 13.6 Å². The topological polar surface area (TPSA) is 62.7 Å². The summed E-state index contributed by atoms with van der Waals surface area (Å²) >= 11 is 0. The van der Waals surface area contributed by atoms with Gasteiger partial charge in [0.1, 0.15) is 11.5 Å². The molecular formula is C16H27N3O2. The third-order valence-electron chi connectivity index (χ3n) is 4.15. The van der Waals surface area contributed by atoms with Crippen molar-refractivity contribution in [1.29, 1.82) is 0 Å².